The van der Waals surface area contributed by atoms with Gasteiger partial charge in [0.05, 0.1) is 19.3 Å². The molecule has 1 fully saturated rings. The first-order valence-corrected chi connectivity index (χ1v) is 14.9. The molecule has 1 N–H and O–H groups in total. The number of hydrogen-bond donors (Lipinski definition) is 1. The average Bonchev–Trinajstić information content (AvgIpc) is 3.64. The molecule has 216 valence electrons. The highest BCUT2D eigenvalue weighted by Gasteiger charge is 2.47. The van der Waals surface area contributed by atoms with E-state index in [1.54, 1.807) is 4.90 Å². The van der Waals surface area contributed by atoms with Gasteiger partial charge in [-0.3, -0.25) is 9.69 Å². The van der Waals surface area contributed by atoms with E-state index in [0.29, 0.717) is 18.2 Å². The number of benzene rings is 1. The summed E-state index contributed by atoms with van der Waals surface area (Å²) in [4.78, 5) is 48.3. The molecule has 0 unspecified atom stereocenters. The van der Waals surface area contributed by atoms with Crippen LogP contribution in [-0.2, 0) is 44.0 Å². The zero-order valence-corrected chi connectivity index (χ0v) is 25.1. The summed E-state index contributed by atoms with van der Waals surface area (Å²) in [5, 5.41) is 6.13. The van der Waals surface area contributed by atoms with Crippen LogP contribution in [-0.4, -0.2) is 64.6 Å². The maximum atomic E-state index is 14.1. The van der Waals surface area contributed by atoms with Gasteiger partial charge in [-0.1, -0.05) is 52.8 Å². The molecule has 3 atom stereocenters. The smallest absolute Gasteiger partial charge is 0.410 e. The van der Waals surface area contributed by atoms with Crippen LogP contribution in [0.2, 0.25) is 0 Å². The van der Waals surface area contributed by atoms with Crippen LogP contribution in [0.4, 0.5) is 9.93 Å². The van der Waals surface area contributed by atoms with E-state index in [9.17, 15) is 14.4 Å². The molecule has 1 aromatic heterocycles. The van der Waals surface area contributed by atoms with Gasteiger partial charge in [0.2, 0.25) is 5.91 Å². The van der Waals surface area contributed by atoms with E-state index < -0.39 is 35.7 Å². The lowest BCUT2D eigenvalue weighted by molar-refractivity contribution is -0.151. The molecule has 0 radical (unpaired) electrons. The van der Waals surface area contributed by atoms with Crippen molar-refractivity contribution in [1.29, 1.82) is 0 Å². The highest BCUT2D eigenvalue weighted by atomic mass is 32.1. The number of fused-ring (bicyclic) bond motifs is 5. The minimum Gasteiger partial charge on any atom is -0.467 e. The molecule has 5 rings (SSSR count). The zero-order chi connectivity index (χ0) is 28.8. The van der Waals surface area contributed by atoms with E-state index >= 15 is 0 Å². The molecule has 0 saturated carbocycles. The Morgan fingerprint density at radius 2 is 1.95 bits per heavy atom. The number of aryl methyl sites for hydroxylation is 1. The summed E-state index contributed by atoms with van der Waals surface area (Å²) in [5.41, 5.74) is 3.96. The van der Waals surface area contributed by atoms with Gasteiger partial charge in [0.25, 0.3) is 0 Å². The second-order valence-corrected chi connectivity index (χ2v) is 13.8. The molecule has 9 nitrogen and oxygen atoms in total. The highest BCUT2D eigenvalue weighted by molar-refractivity contribution is 7.13. The van der Waals surface area contributed by atoms with E-state index in [1.165, 1.54) is 34.5 Å². The van der Waals surface area contributed by atoms with Crippen molar-refractivity contribution in [1.82, 2.24) is 14.8 Å². The molecule has 10 heteroatoms. The van der Waals surface area contributed by atoms with Crippen LogP contribution in [0.15, 0.2) is 23.6 Å². The Kier molecular flexibility index (Phi) is 7.58. The van der Waals surface area contributed by atoms with Crippen LogP contribution < -0.4 is 5.32 Å². The van der Waals surface area contributed by atoms with Crippen LogP contribution in [0.5, 0.6) is 0 Å². The van der Waals surface area contributed by atoms with E-state index in [-0.39, 0.29) is 24.3 Å². The molecule has 6 bridgehead atoms. The van der Waals surface area contributed by atoms with Crippen LogP contribution in [0.3, 0.4) is 0 Å². The lowest BCUT2D eigenvalue weighted by atomic mass is 9.83. The number of nitrogens with zero attached hydrogens (tertiary/aromatic N) is 3. The minimum absolute atomic E-state index is 0.126. The van der Waals surface area contributed by atoms with Crippen LogP contribution >= 0.6 is 11.3 Å². The van der Waals surface area contributed by atoms with Crippen molar-refractivity contribution in [2.24, 2.45) is 5.41 Å². The quantitative estimate of drug-likeness (QED) is 0.490. The standard InChI is InChI=1S/C30H40N4O5S/c1-29(2,3)24-25(35)34-15-20(13-22(34)26(36)38-6)39-28(37)33-14-19-10-7-9-18(21(19)16-33)11-8-12-30(4,5)23-17-40-27(31-23)32-24/h7,9-10,17,20,22,24H,8,11-16H2,1-6H3,(H,31,32)/t20-,22+,24-/m1/s1. The van der Waals surface area contributed by atoms with Gasteiger partial charge in [-0.25, -0.2) is 14.6 Å². The van der Waals surface area contributed by atoms with E-state index in [4.69, 9.17) is 14.5 Å². The Labute approximate surface area is 240 Å². The number of rotatable bonds is 1. The molecule has 0 spiro atoms. The van der Waals surface area contributed by atoms with Gasteiger partial charge in [0.15, 0.2) is 5.13 Å². The maximum absolute atomic E-state index is 14.1. The summed E-state index contributed by atoms with van der Waals surface area (Å²) in [7, 11) is 1.31. The van der Waals surface area contributed by atoms with E-state index in [2.05, 4.69) is 42.7 Å². The van der Waals surface area contributed by atoms with Gasteiger partial charge in [0, 0.05) is 30.3 Å². The summed E-state index contributed by atoms with van der Waals surface area (Å²) < 4.78 is 11.0. The highest BCUT2D eigenvalue weighted by Crippen LogP contribution is 2.36. The number of methoxy groups -OCH3 is 1. The molecule has 40 heavy (non-hydrogen) atoms. The van der Waals surface area contributed by atoms with Crippen LogP contribution in [0.1, 0.15) is 76.3 Å². The Morgan fingerprint density at radius 1 is 1.20 bits per heavy atom. The number of esters is 1. The van der Waals surface area contributed by atoms with E-state index in [1.807, 2.05) is 20.8 Å². The number of nitrogens with one attached hydrogen (secondary N) is 1. The summed E-state index contributed by atoms with van der Waals surface area (Å²) in [6.45, 7) is 11.5. The van der Waals surface area contributed by atoms with Crippen molar-refractivity contribution < 1.29 is 23.9 Å². The number of carbonyl (C=O) groups is 3. The average molecular weight is 569 g/mol. The zero-order valence-electron chi connectivity index (χ0n) is 24.3. The number of amides is 2. The van der Waals surface area contributed by atoms with Gasteiger partial charge < -0.3 is 19.7 Å². The Bertz CT molecular complexity index is 1300. The molecule has 1 saturated heterocycles. The molecular weight excluding hydrogens is 528 g/mol. The number of aromatic nitrogens is 1. The predicted octanol–water partition coefficient (Wildman–Crippen LogP) is 4.88. The lowest BCUT2D eigenvalue weighted by Crippen LogP contribution is -2.52. The topological polar surface area (TPSA) is 101 Å². The normalized spacial score (nSPS) is 25.0. The molecule has 3 aliphatic rings. The van der Waals surface area contributed by atoms with Gasteiger partial charge in [-0.05, 0) is 41.4 Å². The van der Waals surface area contributed by atoms with Crippen molar-refractivity contribution >= 4 is 34.4 Å². The summed E-state index contributed by atoms with van der Waals surface area (Å²) in [6.07, 6.45) is 2.02. The fourth-order valence-corrected chi connectivity index (χ4v) is 6.93. The third-order valence-electron chi connectivity index (χ3n) is 8.45. The third kappa shape index (κ3) is 5.55. The number of carbonyl (C=O) groups excluding carboxylic acids is 3. The van der Waals surface area contributed by atoms with E-state index in [0.717, 1.165) is 30.5 Å². The van der Waals surface area contributed by atoms with Gasteiger partial charge in [0.1, 0.15) is 18.2 Å². The van der Waals surface area contributed by atoms with Crippen LogP contribution in [0, 0.1) is 5.41 Å². The number of thiazole rings is 1. The van der Waals surface area contributed by atoms with Crippen molar-refractivity contribution in [2.45, 2.75) is 97.0 Å². The first-order chi connectivity index (χ1) is 18.9. The summed E-state index contributed by atoms with van der Waals surface area (Å²) in [5.74, 6) is -0.758. The summed E-state index contributed by atoms with van der Waals surface area (Å²) in [6, 6.07) is 4.80. The molecule has 2 amide bonds. The third-order valence-corrected chi connectivity index (χ3v) is 9.22. The number of anilines is 1. The largest absolute Gasteiger partial charge is 0.467 e. The first kappa shape index (κ1) is 28.4. The van der Waals surface area contributed by atoms with Gasteiger partial charge in [-0.2, -0.15) is 0 Å². The van der Waals surface area contributed by atoms with Crippen molar-refractivity contribution in [3.8, 4) is 0 Å². The van der Waals surface area contributed by atoms with Gasteiger partial charge in [-0.15, -0.1) is 11.3 Å². The predicted molar refractivity (Wildman–Crippen MR) is 153 cm³/mol. The molecule has 2 aromatic rings. The first-order valence-electron chi connectivity index (χ1n) is 14.0. The fourth-order valence-electron chi connectivity index (χ4n) is 6.00. The Balaban J connectivity index is 1.50. The Morgan fingerprint density at radius 3 is 2.67 bits per heavy atom. The molecule has 1 aromatic carbocycles. The molecule has 3 aliphatic heterocycles. The number of hydrogen-bond acceptors (Lipinski definition) is 8. The second kappa shape index (κ2) is 10.7. The lowest BCUT2D eigenvalue weighted by Gasteiger charge is -2.35. The molecule has 0 aliphatic carbocycles. The van der Waals surface area contributed by atoms with Crippen LogP contribution in [0.25, 0.3) is 0 Å². The van der Waals surface area contributed by atoms with Gasteiger partial charge >= 0.3 is 12.1 Å². The van der Waals surface area contributed by atoms with Crippen molar-refractivity contribution in [3.05, 3.63) is 46.0 Å². The molecule has 4 heterocycles. The summed E-state index contributed by atoms with van der Waals surface area (Å²) >= 11 is 1.49. The number of ether oxygens (including phenoxy) is 2. The minimum atomic E-state index is -0.833. The monoisotopic (exact) mass is 568 g/mol. The Hall–Kier alpha value is -3.14. The fraction of sp³-hybridized carbons (Fsp3) is 0.600. The second-order valence-electron chi connectivity index (χ2n) is 12.9. The molecular formula is C30H40N4O5S. The SMILES string of the molecule is COC(=O)[C@@H]1C[C@@H]2CN1C(=O)[C@H](C(C)(C)C)Nc1nc(cs1)C(C)(C)CCCc1cccc3c1CN(C3)C(=O)O2. The van der Waals surface area contributed by atoms with Crippen molar-refractivity contribution in [3.63, 3.8) is 0 Å². The van der Waals surface area contributed by atoms with Crippen molar-refractivity contribution in [2.75, 3.05) is 19.0 Å². The maximum Gasteiger partial charge on any atom is 0.410 e.